The summed E-state index contributed by atoms with van der Waals surface area (Å²) in [7, 11) is 0. The molecule has 2 fully saturated rings. The summed E-state index contributed by atoms with van der Waals surface area (Å²) in [5.41, 5.74) is 6.48. The number of benzene rings is 1. The minimum Gasteiger partial charge on any atom is -0.355 e. The highest BCUT2D eigenvalue weighted by atomic mass is 35.5. The van der Waals surface area contributed by atoms with Gasteiger partial charge in [-0.25, -0.2) is 0 Å². The Balaban J connectivity index is 0.00000243. The fourth-order valence-corrected chi connectivity index (χ4v) is 3.85. The number of hydrogen-bond acceptors (Lipinski definition) is 3. The van der Waals surface area contributed by atoms with Gasteiger partial charge in [0.25, 0.3) is 0 Å². The van der Waals surface area contributed by atoms with Crippen molar-refractivity contribution in [2.24, 2.45) is 17.6 Å². The number of amides is 2. The molecule has 3 unspecified atom stereocenters. The zero-order valence-electron chi connectivity index (χ0n) is 14.4. The van der Waals surface area contributed by atoms with E-state index in [1.54, 1.807) is 6.07 Å². The van der Waals surface area contributed by atoms with Crippen molar-refractivity contribution >= 4 is 47.4 Å². The molecule has 3 rings (SSSR count). The van der Waals surface area contributed by atoms with Crippen molar-refractivity contribution in [3.63, 3.8) is 0 Å². The SMILES string of the molecule is Cl.NCCNC(=O)C1CCCN(C(=O)C2CC2c2ccc(Cl)c(Cl)c2)C1. The predicted octanol–water partition coefficient (Wildman–Crippen LogP) is 2.83. The van der Waals surface area contributed by atoms with Crippen molar-refractivity contribution in [2.75, 3.05) is 26.2 Å². The van der Waals surface area contributed by atoms with Gasteiger partial charge in [-0.1, -0.05) is 29.3 Å². The van der Waals surface area contributed by atoms with E-state index in [4.69, 9.17) is 28.9 Å². The Labute approximate surface area is 170 Å². The summed E-state index contributed by atoms with van der Waals surface area (Å²) in [5, 5.41) is 3.87. The minimum atomic E-state index is -0.133. The second-order valence-electron chi connectivity index (χ2n) is 6.83. The quantitative estimate of drug-likeness (QED) is 0.769. The lowest BCUT2D eigenvalue weighted by molar-refractivity contribution is -0.136. The Morgan fingerprint density at radius 3 is 2.73 bits per heavy atom. The average Bonchev–Trinajstić information content (AvgIpc) is 3.42. The van der Waals surface area contributed by atoms with Gasteiger partial charge in [-0.2, -0.15) is 0 Å². The lowest BCUT2D eigenvalue weighted by atomic mass is 9.96. The van der Waals surface area contributed by atoms with E-state index in [1.807, 2.05) is 17.0 Å². The zero-order chi connectivity index (χ0) is 18.0. The van der Waals surface area contributed by atoms with Crippen LogP contribution in [0.25, 0.3) is 0 Å². The molecule has 1 saturated heterocycles. The van der Waals surface area contributed by atoms with E-state index in [0.29, 0.717) is 29.7 Å². The number of hydrogen-bond donors (Lipinski definition) is 2. The van der Waals surface area contributed by atoms with Crippen LogP contribution >= 0.6 is 35.6 Å². The Hall–Kier alpha value is -1.01. The van der Waals surface area contributed by atoms with Gasteiger partial charge in [-0.15, -0.1) is 12.4 Å². The van der Waals surface area contributed by atoms with Gasteiger partial charge in [-0.05, 0) is 42.9 Å². The van der Waals surface area contributed by atoms with Crippen molar-refractivity contribution in [2.45, 2.75) is 25.2 Å². The molecule has 5 nitrogen and oxygen atoms in total. The first-order valence-electron chi connectivity index (χ1n) is 8.72. The number of carbonyl (C=O) groups excluding carboxylic acids is 2. The molecule has 1 heterocycles. The van der Waals surface area contributed by atoms with Gasteiger partial charge in [0.15, 0.2) is 0 Å². The standard InChI is InChI=1S/C18H23Cl2N3O2.ClH/c19-15-4-3-11(8-16(15)20)13-9-14(13)18(25)23-7-1-2-12(10-23)17(24)22-6-5-21;/h3-4,8,12-14H,1-2,5-7,9-10,21H2,(H,22,24);1H. The molecule has 1 saturated carbocycles. The van der Waals surface area contributed by atoms with Crippen LogP contribution in [0.15, 0.2) is 18.2 Å². The van der Waals surface area contributed by atoms with Gasteiger partial charge in [0.05, 0.1) is 16.0 Å². The molecule has 1 aliphatic heterocycles. The van der Waals surface area contributed by atoms with E-state index in [-0.39, 0.29) is 42.0 Å². The Kier molecular flexibility index (Phi) is 7.59. The number of halogens is 3. The van der Waals surface area contributed by atoms with E-state index < -0.39 is 0 Å². The number of carbonyl (C=O) groups is 2. The first-order chi connectivity index (χ1) is 12.0. The Bertz CT molecular complexity index is 671. The number of likely N-dealkylation sites (tertiary alicyclic amines) is 1. The molecule has 1 aliphatic carbocycles. The van der Waals surface area contributed by atoms with E-state index >= 15 is 0 Å². The Morgan fingerprint density at radius 2 is 2.04 bits per heavy atom. The van der Waals surface area contributed by atoms with Crippen molar-refractivity contribution in [3.05, 3.63) is 33.8 Å². The molecule has 0 spiro atoms. The molecule has 0 radical (unpaired) electrons. The van der Waals surface area contributed by atoms with Crippen LogP contribution in [0.4, 0.5) is 0 Å². The number of piperidine rings is 1. The fourth-order valence-electron chi connectivity index (χ4n) is 3.54. The normalized spacial score (nSPS) is 24.6. The van der Waals surface area contributed by atoms with Crippen molar-refractivity contribution < 1.29 is 9.59 Å². The minimum absolute atomic E-state index is 0. The van der Waals surface area contributed by atoms with Crippen LogP contribution < -0.4 is 11.1 Å². The van der Waals surface area contributed by atoms with Crippen LogP contribution in [0, 0.1) is 11.8 Å². The number of nitrogens with zero attached hydrogens (tertiary/aromatic N) is 1. The molecule has 0 bridgehead atoms. The maximum atomic E-state index is 12.8. The second-order valence-corrected chi connectivity index (χ2v) is 7.64. The molecule has 8 heteroatoms. The zero-order valence-corrected chi connectivity index (χ0v) is 16.7. The Morgan fingerprint density at radius 1 is 1.27 bits per heavy atom. The van der Waals surface area contributed by atoms with E-state index in [2.05, 4.69) is 5.32 Å². The summed E-state index contributed by atoms with van der Waals surface area (Å²) in [5.74, 6) is 0.204. The molecular formula is C18H24Cl3N3O2. The van der Waals surface area contributed by atoms with Crippen molar-refractivity contribution in [1.29, 1.82) is 0 Å². The second kappa shape index (κ2) is 9.27. The predicted molar refractivity (Wildman–Crippen MR) is 106 cm³/mol. The largest absolute Gasteiger partial charge is 0.355 e. The number of rotatable bonds is 5. The molecular weight excluding hydrogens is 397 g/mol. The van der Waals surface area contributed by atoms with Crippen LogP contribution in [0.5, 0.6) is 0 Å². The molecule has 0 aromatic heterocycles. The van der Waals surface area contributed by atoms with Crippen LogP contribution in [0.1, 0.15) is 30.7 Å². The highest BCUT2D eigenvalue weighted by Crippen LogP contribution is 2.49. The molecule has 1 aromatic carbocycles. The topological polar surface area (TPSA) is 75.4 Å². The highest BCUT2D eigenvalue weighted by molar-refractivity contribution is 6.42. The monoisotopic (exact) mass is 419 g/mol. The lowest BCUT2D eigenvalue weighted by Gasteiger charge is -2.32. The van der Waals surface area contributed by atoms with Gasteiger partial charge >= 0.3 is 0 Å². The van der Waals surface area contributed by atoms with Gasteiger partial charge in [0, 0.05) is 32.1 Å². The summed E-state index contributed by atoms with van der Waals surface area (Å²) in [6.07, 6.45) is 2.51. The summed E-state index contributed by atoms with van der Waals surface area (Å²) < 4.78 is 0. The summed E-state index contributed by atoms with van der Waals surface area (Å²) in [6.45, 7) is 2.13. The summed E-state index contributed by atoms with van der Waals surface area (Å²) in [4.78, 5) is 26.8. The molecule has 3 atom stereocenters. The maximum Gasteiger partial charge on any atom is 0.226 e. The van der Waals surface area contributed by atoms with E-state index in [9.17, 15) is 9.59 Å². The summed E-state index contributed by atoms with van der Waals surface area (Å²) in [6, 6.07) is 5.56. The molecule has 2 amide bonds. The molecule has 2 aliphatic rings. The van der Waals surface area contributed by atoms with Crippen LogP contribution in [0.3, 0.4) is 0 Å². The third-order valence-corrected chi connectivity index (χ3v) is 5.77. The summed E-state index contributed by atoms with van der Waals surface area (Å²) >= 11 is 12.0. The molecule has 1 aromatic rings. The lowest BCUT2D eigenvalue weighted by Crippen LogP contribution is -2.46. The van der Waals surface area contributed by atoms with E-state index in [0.717, 1.165) is 31.4 Å². The third-order valence-electron chi connectivity index (χ3n) is 5.03. The highest BCUT2D eigenvalue weighted by Gasteiger charge is 2.46. The molecule has 144 valence electrons. The van der Waals surface area contributed by atoms with Crippen molar-refractivity contribution in [1.82, 2.24) is 10.2 Å². The number of nitrogens with one attached hydrogen (secondary N) is 1. The maximum absolute atomic E-state index is 12.8. The van der Waals surface area contributed by atoms with Gasteiger partial charge in [0.1, 0.15) is 0 Å². The molecule has 26 heavy (non-hydrogen) atoms. The first kappa shape index (κ1) is 21.3. The molecule has 3 N–H and O–H groups in total. The van der Waals surface area contributed by atoms with Crippen LogP contribution in [-0.2, 0) is 9.59 Å². The van der Waals surface area contributed by atoms with Crippen molar-refractivity contribution in [3.8, 4) is 0 Å². The van der Waals surface area contributed by atoms with Crippen LogP contribution in [0.2, 0.25) is 10.0 Å². The van der Waals surface area contributed by atoms with Gasteiger partial charge in [-0.3, -0.25) is 9.59 Å². The van der Waals surface area contributed by atoms with Crippen LogP contribution in [-0.4, -0.2) is 42.9 Å². The van der Waals surface area contributed by atoms with Gasteiger partial charge < -0.3 is 16.0 Å². The first-order valence-corrected chi connectivity index (χ1v) is 9.48. The smallest absolute Gasteiger partial charge is 0.226 e. The average molecular weight is 421 g/mol. The fraction of sp³-hybridized carbons (Fsp3) is 0.556. The van der Waals surface area contributed by atoms with E-state index in [1.165, 1.54) is 0 Å². The number of nitrogens with two attached hydrogens (primary N) is 1. The van der Waals surface area contributed by atoms with Gasteiger partial charge in [0.2, 0.25) is 11.8 Å². The third kappa shape index (κ3) is 4.83.